The number of rotatable bonds is 2. The second kappa shape index (κ2) is 5.33. The van der Waals surface area contributed by atoms with Gasteiger partial charge in [0.2, 0.25) is 0 Å². The number of hydrogen-bond donors (Lipinski definition) is 2. The third-order valence-electron chi connectivity index (χ3n) is 1.87. The molecule has 0 spiro atoms. The van der Waals surface area contributed by atoms with Crippen LogP contribution in [0.2, 0.25) is 5.02 Å². The van der Waals surface area contributed by atoms with E-state index in [1.54, 1.807) is 0 Å². The van der Waals surface area contributed by atoms with Crippen LogP contribution in [-0.2, 0) is 0 Å². The van der Waals surface area contributed by atoms with Crippen LogP contribution in [0.1, 0.15) is 19.4 Å². The van der Waals surface area contributed by atoms with Gasteiger partial charge >= 0.3 is 0 Å². The average molecular weight is 243 g/mol. The van der Waals surface area contributed by atoms with Crippen LogP contribution in [0.25, 0.3) is 0 Å². The predicted octanol–water partition coefficient (Wildman–Crippen LogP) is 3.34. The number of thiocarbonyl (C=S) groups is 1. The van der Waals surface area contributed by atoms with Crippen molar-refractivity contribution in [3.63, 3.8) is 0 Å². The summed E-state index contributed by atoms with van der Waals surface area (Å²) in [5.74, 6) is 0. The molecule has 0 aliphatic carbocycles. The van der Waals surface area contributed by atoms with Crippen molar-refractivity contribution >= 4 is 34.6 Å². The molecule has 0 unspecified atom stereocenters. The largest absolute Gasteiger partial charge is 0.360 e. The van der Waals surface area contributed by atoms with Crippen LogP contribution in [0.5, 0.6) is 0 Å². The third-order valence-corrected chi connectivity index (χ3v) is 2.32. The highest BCUT2D eigenvalue weighted by Gasteiger charge is 2.02. The number of hydrogen-bond acceptors (Lipinski definition) is 1. The molecule has 1 aromatic rings. The van der Waals surface area contributed by atoms with Crippen LogP contribution in [-0.4, -0.2) is 11.2 Å². The summed E-state index contributed by atoms with van der Waals surface area (Å²) >= 11 is 11.1. The Morgan fingerprint density at radius 1 is 1.40 bits per heavy atom. The van der Waals surface area contributed by atoms with Crippen molar-refractivity contribution in [1.29, 1.82) is 0 Å². The van der Waals surface area contributed by atoms with Crippen molar-refractivity contribution in [2.24, 2.45) is 0 Å². The van der Waals surface area contributed by atoms with E-state index in [0.29, 0.717) is 16.2 Å². The van der Waals surface area contributed by atoms with Crippen LogP contribution >= 0.6 is 23.8 Å². The lowest BCUT2D eigenvalue weighted by Gasteiger charge is -2.14. The predicted molar refractivity (Wildman–Crippen MR) is 70.7 cm³/mol. The minimum Gasteiger partial charge on any atom is -0.360 e. The summed E-state index contributed by atoms with van der Waals surface area (Å²) in [5.41, 5.74) is 2.06. The zero-order valence-corrected chi connectivity index (χ0v) is 10.7. The van der Waals surface area contributed by atoms with Gasteiger partial charge in [0.05, 0.1) is 0 Å². The molecule has 82 valence electrons. The van der Waals surface area contributed by atoms with Crippen LogP contribution in [0.3, 0.4) is 0 Å². The Bertz CT molecular complexity index is 364. The molecule has 0 heterocycles. The zero-order valence-electron chi connectivity index (χ0n) is 9.10. The third kappa shape index (κ3) is 4.06. The van der Waals surface area contributed by atoms with E-state index in [-0.39, 0.29) is 0 Å². The summed E-state index contributed by atoms with van der Waals surface area (Å²) in [6.45, 7) is 6.09. The lowest BCUT2D eigenvalue weighted by Crippen LogP contribution is -2.34. The molecule has 0 aromatic heterocycles. The number of benzene rings is 1. The maximum absolute atomic E-state index is 5.90. The first-order chi connectivity index (χ1) is 6.99. The van der Waals surface area contributed by atoms with Crippen molar-refractivity contribution in [3.05, 3.63) is 28.8 Å². The molecular weight excluding hydrogens is 228 g/mol. The molecule has 0 saturated carbocycles. The van der Waals surface area contributed by atoms with E-state index in [2.05, 4.69) is 10.6 Å². The maximum Gasteiger partial charge on any atom is 0.170 e. The van der Waals surface area contributed by atoms with Gasteiger partial charge in [-0.15, -0.1) is 0 Å². The van der Waals surface area contributed by atoms with Crippen molar-refractivity contribution in [3.8, 4) is 0 Å². The number of halogens is 1. The number of aryl methyl sites for hydroxylation is 1. The molecule has 2 nitrogen and oxygen atoms in total. The Morgan fingerprint density at radius 3 is 2.67 bits per heavy atom. The standard InChI is InChI=1S/C11H15ClN2S/c1-7(2)13-11(15)14-10-6-9(12)5-4-8(10)3/h4-7H,1-3H3,(H2,13,14,15). The SMILES string of the molecule is Cc1ccc(Cl)cc1NC(=S)NC(C)C. The minimum absolute atomic E-state index is 0.324. The maximum atomic E-state index is 5.90. The van der Waals surface area contributed by atoms with Crippen LogP contribution in [0, 0.1) is 6.92 Å². The van der Waals surface area contributed by atoms with Gasteiger partial charge in [-0.05, 0) is 50.7 Å². The summed E-state index contributed by atoms with van der Waals surface area (Å²) < 4.78 is 0. The van der Waals surface area contributed by atoms with Gasteiger partial charge in [0.25, 0.3) is 0 Å². The van der Waals surface area contributed by atoms with Gasteiger partial charge in [-0.3, -0.25) is 0 Å². The molecule has 0 bridgehead atoms. The highest BCUT2D eigenvalue weighted by atomic mass is 35.5. The average Bonchev–Trinajstić information content (AvgIpc) is 2.10. The van der Waals surface area contributed by atoms with E-state index >= 15 is 0 Å². The molecule has 0 fully saturated rings. The first-order valence-electron chi connectivity index (χ1n) is 4.82. The first-order valence-corrected chi connectivity index (χ1v) is 5.61. The van der Waals surface area contributed by atoms with Crippen LogP contribution < -0.4 is 10.6 Å². The van der Waals surface area contributed by atoms with Crippen molar-refractivity contribution < 1.29 is 0 Å². The van der Waals surface area contributed by atoms with E-state index in [1.807, 2.05) is 39.0 Å². The fourth-order valence-electron chi connectivity index (χ4n) is 1.15. The van der Waals surface area contributed by atoms with Crippen molar-refractivity contribution in [2.75, 3.05) is 5.32 Å². The Morgan fingerprint density at radius 2 is 2.07 bits per heavy atom. The lowest BCUT2D eigenvalue weighted by molar-refractivity contribution is 0.739. The Labute approximate surface area is 101 Å². The summed E-state index contributed by atoms with van der Waals surface area (Å²) in [4.78, 5) is 0. The lowest BCUT2D eigenvalue weighted by atomic mass is 10.2. The molecule has 15 heavy (non-hydrogen) atoms. The van der Waals surface area contributed by atoms with E-state index in [1.165, 1.54) is 0 Å². The smallest absolute Gasteiger partial charge is 0.170 e. The summed E-state index contributed by atoms with van der Waals surface area (Å²) in [6.07, 6.45) is 0. The molecule has 0 aliphatic rings. The van der Waals surface area contributed by atoms with Gasteiger partial charge in [0.1, 0.15) is 0 Å². The second-order valence-electron chi connectivity index (χ2n) is 3.71. The summed E-state index contributed by atoms with van der Waals surface area (Å²) in [6, 6.07) is 6.01. The van der Waals surface area contributed by atoms with E-state index < -0.39 is 0 Å². The first kappa shape index (κ1) is 12.3. The monoisotopic (exact) mass is 242 g/mol. The second-order valence-corrected chi connectivity index (χ2v) is 4.56. The topological polar surface area (TPSA) is 24.1 Å². The zero-order chi connectivity index (χ0) is 11.4. The molecule has 4 heteroatoms. The van der Waals surface area contributed by atoms with Gasteiger partial charge in [-0.2, -0.15) is 0 Å². The Kier molecular flexibility index (Phi) is 4.36. The number of nitrogens with one attached hydrogen (secondary N) is 2. The number of anilines is 1. The molecule has 1 rings (SSSR count). The highest BCUT2D eigenvalue weighted by Crippen LogP contribution is 2.19. The van der Waals surface area contributed by atoms with Gasteiger partial charge in [-0.25, -0.2) is 0 Å². The molecule has 1 aromatic carbocycles. The van der Waals surface area contributed by atoms with Crippen LogP contribution in [0.15, 0.2) is 18.2 Å². The molecule has 0 saturated heterocycles. The minimum atomic E-state index is 0.324. The highest BCUT2D eigenvalue weighted by molar-refractivity contribution is 7.80. The molecule has 0 atom stereocenters. The molecular formula is C11H15ClN2S. The van der Waals surface area contributed by atoms with Gasteiger partial charge in [0, 0.05) is 16.8 Å². The molecule has 0 radical (unpaired) electrons. The van der Waals surface area contributed by atoms with Gasteiger partial charge in [-0.1, -0.05) is 17.7 Å². The van der Waals surface area contributed by atoms with Gasteiger partial charge in [0.15, 0.2) is 5.11 Å². The normalized spacial score (nSPS) is 10.2. The van der Waals surface area contributed by atoms with Crippen LogP contribution in [0.4, 0.5) is 5.69 Å². The Balaban J connectivity index is 2.71. The van der Waals surface area contributed by atoms with E-state index in [0.717, 1.165) is 11.3 Å². The quantitative estimate of drug-likeness (QED) is 0.778. The fraction of sp³-hybridized carbons (Fsp3) is 0.364. The van der Waals surface area contributed by atoms with Gasteiger partial charge < -0.3 is 10.6 Å². The van der Waals surface area contributed by atoms with E-state index in [9.17, 15) is 0 Å². The molecule has 0 amide bonds. The fourth-order valence-corrected chi connectivity index (χ4v) is 1.67. The van der Waals surface area contributed by atoms with E-state index in [4.69, 9.17) is 23.8 Å². The van der Waals surface area contributed by atoms with Crippen molar-refractivity contribution in [2.45, 2.75) is 26.8 Å². The summed E-state index contributed by atoms with van der Waals surface area (Å²) in [7, 11) is 0. The molecule has 0 aliphatic heterocycles. The Hall–Kier alpha value is -0.800. The summed E-state index contributed by atoms with van der Waals surface area (Å²) in [5, 5.41) is 7.56. The molecule has 2 N–H and O–H groups in total. The van der Waals surface area contributed by atoms with Crippen molar-refractivity contribution in [1.82, 2.24) is 5.32 Å².